The van der Waals surface area contributed by atoms with Crippen molar-refractivity contribution < 1.29 is 10.1 Å². The minimum absolute atomic E-state index is 0.0836. The highest BCUT2D eigenvalue weighted by atomic mass is 16.3. The van der Waals surface area contributed by atoms with E-state index >= 15 is 0 Å². The Hall–Kier alpha value is -1.33. The maximum absolute atomic E-state index is 9.28. The number of hydrazone groups is 1. The van der Waals surface area contributed by atoms with Crippen molar-refractivity contribution in [2.75, 3.05) is 7.05 Å². The lowest BCUT2D eigenvalue weighted by Gasteiger charge is -2.28. The molecule has 1 radical (unpaired) electrons. The summed E-state index contributed by atoms with van der Waals surface area (Å²) >= 11 is 0. The third-order valence-corrected chi connectivity index (χ3v) is 3.50. The van der Waals surface area contributed by atoms with Crippen LogP contribution in [0.1, 0.15) is 30.9 Å². The Balaban J connectivity index is 2.32. The van der Waals surface area contributed by atoms with Crippen LogP contribution in [0.4, 0.5) is 0 Å². The molecule has 1 aliphatic heterocycles. The van der Waals surface area contributed by atoms with Crippen LogP contribution in [0.15, 0.2) is 23.3 Å². The number of nitrogens with zero attached hydrogens (tertiary/aromatic N) is 2. The Morgan fingerprint density at radius 1 is 1.50 bits per heavy atom. The Bertz CT molecular complexity index is 462. The average molecular weight is 245 g/mol. The van der Waals surface area contributed by atoms with Gasteiger partial charge in [0.15, 0.2) is 0 Å². The van der Waals surface area contributed by atoms with E-state index in [1.54, 1.807) is 6.07 Å². The minimum atomic E-state index is -0.0836. The molecule has 0 saturated carbocycles. The molecule has 0 aromatic heterocycles. The monoisotopic (exact) mass is 245 g/mol. The Morgan fingerprint density at radius 3 is 2.89 bits per heavy atom. The Kier molecular flexibility index (Phi) is 4.04. The smallest absolute Gasteiger partial charge is 0.327 e. The molecule has 1 unspecified atom stereocenters. The summed E-state index contributed by atoms with van der Waals surface area (Å²) in [7, 11) is 3.00. The zero-order chi connectivity index (χ0) is 13.1. The second-order valence-corrected chi connectivity index (χ2v) is 4.71. The van der Waals surface area contributed by atoms with Gasteiger partial charge in [0.25, 0.3) is 0 Å². The molecule has 0 saturated heterocycles. The average Bonchev–Trinajstić information content (AvgIpc) is 2.41. The van der Waals surface area contributed by atoms with E-state index in [9.17, 15) is 5.11 Å². The number of aliphatic hydroxyl groups excluding tert-OH is 1. The van der Waals surface area contributed by atoms with Gasteiger partial charge >= 0.3 is 7.48 Å². The first-order chi connectivity index (χ1) is 8.65. The van der Waals surface area contributed by atoms with Crippen LogP contribution in [0.5, 0.6) is 0 Å². The fourth-order valence-corrected chi connectivity index (χ4v) is 2.12. The van der Waals surface area contributed by atoms with E-state index < -0.39 is 0 Å². The van der Waals surface area contributed by atoms with Crippen LogP contribution in [0.2, 0.25) is 0 Å². The summed E-state index contributed by atoms with van der Waals surface area (Å²) in [4.78, 5) is 0. The van der Waals surface area contributed by atoms with Crippen LogP contribution >= 0.6 is 0 Å². The first kappa shape index (κ1) is 13.1. The molecule has 0 bridgehead atoms. The van der Waals surface area contributed by atoms with E-state index in [2.05, 4.69) is 12.0 Å². The molecule has 0 aliphatic carbocycles. The molecular formula is C13H18BN2O2. The lowest BCUT2D eigenvalue weighted by Crippen LogP contribution is -2.31. The van der Waals surface area contributed by atoms with Gasteiger partial charge in [-0.25, -0.2) is 0 Å². The standard InChI is InChI=1S/C13H18BN2O2/c1-9-3-6-13(15-16(9)2)10-4-5-12(14-18)11(7-10)8-17/h4-5,7,9,17-18H,3,6,8H2,1-2H3. The van der Waals surface area contributed by atoms with Gasteiger partial charge in [-0.15, -0.1) is 0 Å². The van der Waals surface area contributed by atoms with Gasteiger partial charge in [0.2, 0.25) is 0 Å². The summed E-state index contributed by atoms with van der Waals surface area (Å²) in [5.41, 5.74) is 3.43. The van der Waals surface area contributed by atoms with E-state index in [-0.39, 0.29) is 6.61 Å². The molecule has 2 N–H and O–H groups in total. The van der Waals surface area contributed by atoms with E-state index in [0.717, 1.165) is 37.2 Å². The first-order valence-electron chi connectivity index (χ1n) is 6.17. The van der Waals surface area contributed by atoms with Crippen molar-refractivity contribution >= 4 is 18.7 Å². The van der Waals surface area contributed by atoms with Crippen molar-refractivity contribution in [3.05, 3.63) is 29.3 Å². The van der Waals surface area contributed by atoms with Crippen LogP contribution in [-0.4, -0.2) is 41.4 Å². The van der Waals surface area contributed by atoms with Crippen molar-refractivity contribution in [2.45, 2.75) is 32.4 Å². The molecule has 0 fully saturated rings. The minimum Gasteiger partial charge on any atom is -0.450 e. The lowest BCUT2D eigenvalue weighted by atomic mass is 9.83. The quantitative estimate of drug-likeness (QED) is 0.750. The van der Waals surface area contributed by atoms with E-state index in [0.29, 0.717) is 11.5 Å². The molecule has 1 aliphatic rings. The van der Waals surface area contributed by atoms with Crippen LogP contribution in [-0.2, 0) is 6.61 Å². The molecule has 1 atom stereocenters. The zero-order valence-corrected chi connectivity index (χ0v) is 10.8. The number of rotatable bonds is 3. The lowest BCUT2D eigenvalue weighted by molar-refractivity contribution is 0.246. The number of aliphatic hydroxyl groups is 1. The molecule has 1 aromatic rings. The molecule has 0 spiro atoms. The number of hydrogen-bond acceptors (Lipinski definition) is 4. The van der Waals surface area contributed by atoms with Crippen LogP contribution in [0.25, 0.3) is 0 Å². The Morgan fingerprint density at radius 2 is 2.28 bits per heavy atom. The topological polar surface area (TPSA) is 56.1 Å². The van der Waals surface area contributed by atoms with Gasteiger partial charge in [0, 0.05) is 13.1 Å². The predicted molar refractivity (Wildman–Crippen MR) is 73.0 cm³/mol. The van der Waals surface area contributed by atoms with Gasteiger partial charge in [-0.3, -0.25) is 5.01 Å². The SMILES string of the molecule is CC1CCC(c2ccc([B]O)c(CO)c2)=NN1C. The molecule has 1 heterocycles. The van der Waals surface area contributed by atoms with E-state index in [4.69, 9.17) is 5.02 Å². The van der Waals surface area contributed by atoms with Crippen LogP contribution in [0.3, 0.4) is 0 Å². The summed E-state index contributed by atoms with van der Waals surface area (Å²) in [6.07, 6.45) is 2.02. The van der Waals surface area contributed by atoms with Gasteiger partial charge in [-0.2, -0.15) is 5.10 Å². The zero-order valence-electron chi connectivity index (χ0n) is 10.8. The largest absolute Gasteiger partial charge is 0.450 e. The van der Waals surface area contributed by atoms with Gasteiger partial charge < -0.3 is 10.1 Å². The first-order valence-corrected chi connectivity index (χ1v) is 6.17. The van der Waals surface area contributed by atoms with E-state index in [1.165, 1.54) is 0 Å². The number of benzene rings is 1. The summed E-state index contributed by atoms with van der Waals surface area (Å²) < 4.78 is 0. The summed E-state index contributed by atoms with van der Waals surface area (Å²) in [6.45, 7) is 2.07. The van der Waals surface area contributed by atoms with Crippen LogP contribution < -0.4 is 5.46 Å². The highest BCUT2D eigenvalue weighted by Crippen LogP contribution is 2.18. The van der Waals surface area contributed by atoms with E-state index in [1.807, 2.05) is 24.2 Å². The van der Waals surface area contributed by atoms with Crippen molar-refractivity contribution in [2.24, 2.45) is 5.10 Å². The van der Waals surface area contributed by atoms with Crippen molar-refractivity contribution in [3.8, 4) is 0 Å². The maximum Gasteiger partial charge on any atom is 0.327 e. The highest BCUT2D eigenvalue weighted by Gasteiger charge is 2.17. The molecule has 0 amide bonds. The fourth-order valence-electron chi connectivity index (χ4n) is 2.12. The van der Waals surface area contributed by atoms with Gasteiger partial charge in [0.05, 0.1) is 12.3 Å². The molecule has 1 aromatic carbocycles. The second-order valence-electron chi connectivity index (χ2n) is 4.71. The summed E-state index contributed by atoms with van der Waals surface area (Å²) in [6, 6.07) is 6.10. The molecule has 18 heavy (non-hydrogen) atoms. The number of hydrogen-bond donors (Lipinski definition) is 2. The molecule has 5 heteroatoms. The molecule has 95 valence electrons. The Labute approximate surface area is 108 Å². The third kappa shape index (κ3) is 2.57. The summed E-state index contributed by atoms with van der Waals surface area (Å²) in [5.74, 6) is 0. The molecule has 4 nitrogen and oxygen atoms in total. The van der Waals surface area contributed by atoms with Crippen molar-refractivity contribution in [3.63, 3.8) is 0 Å². The predicted octanol–water partition coefficient (Wildman–Crippen LogP) is 0.234. The third-order valence-electron chi connectivity index (χ3n) is 3.50. The normalized spacial score (nSPS) is 19.7. The van der Waals surface area contributed by atoms with Crippen molar-refractivity contribution in [1.82, 2.24) is 5.01 Å². The van der Waals surface area contributed by atoms with Gasteiger partial charge in [-0.05, 0) is 42.4 Å². The maximum atomic E-state index is 9.28. The van der Waals surface area contributed by atoms with Crippen molar-refractivity contribution in [1.29, 1.82) is 0 Å². The van der Waals surface area contributed by atoms with Gasteiger partial charge in [-0.1, -0.05) is 12.1 Å². The fraction of sp³-hybridized carbons (Fsp3) is 0.462. The van der Waals surface area contributed by atoms with Crippen LogP contribution in [0, 0.1) is 0 Å². The highest BCUT2D eigenvalue weighted by molar-refractivity contribution is 6.46. The second kappa shape index (κ2) is 5.54. The van der Waals surface area contributed by atoms with Gasteiger partial charge in [0.1, 0.15) is 0 Å². The summed E-state index contributed by atoms with van der Waals surface area (Å²) in [5, 5.41) is 24.9. The molecular weight excluding hydrogens is 227 g/mol. The molecule has 2 rings (SSSR count).